The van der Waals surface area contributed by atoms with Gasteiger partial charge in [-0.1, -0.05) is 0 Å². The number of hydrogen-bond acceptors (Lipinski definition) is 4. The third-order valence-electron chi connectivity index (χ3n) is 2.60. The van der Waals surface area contributed by atoms with Crippen LogP contribution in [0.2, 0.25) is 0 Å². The average molecular weight is 220 g/mol. The first-order valence-electron chi connectivity index (χ1n) is 5.12. The van der Waals surface area contributed by atoms with Gasteiger partial charge in [0.2, 0.25) is 0 Å². The fourth-order valence-corrected chi connectivity index (χ4v) is 1.75. The predicted octanol–water partition coefficient (Wildman–Crippen LogP) is -0.468. The second kappa shape index (κ2) is 7.41. The molecular formula is C11H17BN2O2. The molecule has 1 aromatic rings. The molecular weight excluding hydrogens is 203 g/mol. The molecule has 0 aromatic heterocycles. The molecule has 86 valence electrons. The van der Waals surface area contributed by atoms with Gasteiger partial charge in [0, 0.05) is 0 Å². The standard InChI is InChI=1S/C11H15BN2.2H2O/c12-11-3-1-10(2-4-11)9-14-7-5-13-6-8-14;;/h1-4,13H,5-9H2;2*1H2/q+2;;/p-2. The zero-order valence-electron chi connectivity index (χ0n) is 9.26. The Bertz CT molecular complexity index is 287. The second-order valence-electron chi connectivity index (χ2n) is 3.77. The zero-order valence-corrected chi connectivity index (χ0v) is 9.26. The summed E-state index contributed by atoms with van der Waals surface area (Å²) in [6.07, 6.45) is 0. The molecule has 0 unspecified atom stereocenters. The second-order valence-corrected chi connectivity index (χ2v) is 3.77. The molecule has 1 saturated heterocycles. The van der Waals surface area contributed by atoms with Crippen molar-refractivity contribution in [1.82, 2.24) is 10.2 Å². The number of piperazine rings is 1. The van der Waals surface area contributed by atoms with Gasteiger partial charge in [0.1, 0.15) is 0 Å². The molecule has 3 N–H and O–H groups in total. The van der Waals surface area contributed by atoms with Gasteiger partial charge < -0.3 is 11.0 Å². The van der Waals surface area contributed by atoms with E-state index in [4.69, 9.17) is 7.85 Å². The molecule has 2 rings (SSSR count). The van der Waals surface area contributed by atoms with Crippen LogP contribution in [0.5, 0.6) is 0 Å². The molecule has 0 atom stereocenters. The van der Waals surface area contributed by atoms with Crippen LogP contribution in [0, 0.1) is 0 Å². The maximum Gasteiger partial charge on any atom is -0.870 e. The van der Waals surface area contributed by atoms with Crippen molar-refractivity contribution >= 4 is 13.3 Å². The molecule has 0 spiro atoms. The maximum atomic E-state index is 5.64. The molecule has 0 bridgehead atoms. The minimum atomic E-state index is 0. The average Bonchev–Trinajstić information content (AvgIpc) is 2.23. The number of hydrogen-bond donors (Lipinski definition) is 1. The van der Waals surface area contributed by atoms with Crippen molar-refractivity contribution in [3.05, 3.63) is 29.8 Å². The van der Waals surface area contributed by atoms with E-state index in [1.807, 2.05) is 12.1 Å². The largest absolute Gasteiger partial charge is 0.870 e. The van der Waals surface area contributed by atoms with Crippen molar-refractivity contribution in [2.24, 2.45) is 0 Å². The Balaban J connectivity index is 0.00000112. The first-order chi connectivity index (χ1) is 6.84. The van der Waals surface area contributed by atoms with Gasteiger partial charge >= 0.3 is 86.1 Å². The number of nitrogens with one attached hydrogen (secondary N) is 1. The van der Waals surface area contributed by atoms with Gasteiger partial charge in [-0.05, 0) is 0 Å². The predicted molar refractivity (Wildman–Crippen MR) is 63.8 cm³/mol. The molecule has 1 aromatic carbocycles. The van der Waals surface area contributed by atoms with Crippen LogP contribution in [0.4, 0.5) is 0 Å². The fraction of sp³-hybridized carbons (Fsp3) is 0.455. The van der Waals surface area contributed by atoms with Gasteiger partial charge in [-0.2, -0.15) is 0 Å². The Morgan fingerprint density at radius 3 is 2.19 bits per heavy atom. The number of benzene rings is 1. The van der Waals surface area contributed by atoms with Crippen molar-refractivity contribution in [2.45, 2.75) is 6.54 Å². The summed E-state index contributed by atoms with van der Waals surface area (Å²) in [6.45, 7) is 5.54. The normalized spacial score (nSPS) is 16.1. The Kier molecular flexibility index (Phi) is 7.00. The van der Waals surface area contributed by atoms with Crippen LogP contribution in [0.3, 0.4) is 0 Å². The van der Waals surface area contributed by atoms with E-state index in [-0.39, 0.29) is 11.0 Å². The van der Waals surface area contributed by atoms with Crippen molar-refractivity contribution in [1.29, 1.82) is 0 Å². The first kappa shape index (κ1) is 15.1. The van der Waals surface area contributed by atoms with Crippen LogP contribution in [-0.2, 0) is 6.54 Å². The zero-order chi connectivity index (χ0) is 9.80. The van der Waals surface area contributed by atoms with Crippen LogP contribution in [0.25, 0.3) is 0 Å². The Morgan fingerprint density at radius 1 is 1.06 bits per heavy atom. The van der Waals surface area contributed by atoms with Gasteiger partial charge in [-0.15, -0.1) is 0 Å². The Labute approximate surface area is 97.7 Å². The molecule has 4 nitrogen and oxygen atoms in total. The molecule has 0 amide bonds. The number of rotatable bonds is 2. The van der Waals surface area contributed by atoms with E-state index in [0.29, 0.717) is 0 Å². The molecule has 1 fully saturated rings. The minimum Gasteiger partial charge on any atom is -0.870 e. The van der Waals surface area contributed by atoms with Gasteiger partial charge in [0.15, 0.2) is 0 Å². The summed E-state index contributed by atoms with van der Waals surface area (Å²) in [5.74, 6) is 0. The third kappa shape index (κ3) is 4.32. The van der Waals surface area contributed by atoms with E-state index >= 15 is 0 Å². The monoisotopic (exact) mass is 220 g/mol. The molecule has 0 saturated carbocycles. The smallest absolute Gasteiger partial charge is 0.870 e. The van der Waals surface area contributed by atoms with E-state index < -0.39 is 0 Å². The van der Waals surface area contributed by atoms with E-state index in [9.17, 15) is 0 Å². The summed E-state index contributed by atoms with van der Waals surface area (Å²) < 4.78 is 0. The minimum absolute atomic E-state index is 0. The summed E-state index contributed by atoms with van der Waals surface area (Å²) in [4.78, 5) is 2.46. The quantitative estimate of drug-likeness (QED) is 0.684. The number of nitrogens with zero attached hydrogens (tertiary/aromatic N) is 1. The van der Waals surface area contributed by atoms with Crippen molar-refractivity contribution in [3.63, 3.8) is 0 Å². The van der Waals surface area contributed by atoms with Gasteiger partial charge in [-0.25, -0.2) is 0 Å². The maximum absolute atomic E-state index is 5.64. The van der Waals surface area contributed by atoms with Crippen LogP contribution >= 0.6 is 0 Å². The van der Waals surface area contributed by atoms with Crippen molar-refractivity contribution in [2.75, 3.05) is 26.2 Å². The third-order valence-corrected chi connectivity index (χ3v) is 2.60. The van der Waals surface area contributed by atoms with E-state index in [1.54, 1.807) is 0 Å². The van der Waals surface area contributed by atoms with E-state index in [0.717, 1.165) is 38.2 Å². The van der Waals surface area contributed by atoms with Gasteiger partial charge in [0.25, 0.3) is 0 Å². The van der Waals surface area contributed by atoms with Crippen LogP contribution < -0.4 is 10.8 Å². The molecule has 16 heavy (non-hydrogen) atoms. The molecule has 5 heteroatoms. The summed E-state index contributed by atoms with van der Waals surface area (Å²) in [5.41, 5.74) is 2.19. The first-order valence-corrected chi connectivity index (χ1v) is 5.12. The molecule has 1 aliphatic heterocycles. The Morgan fingerprint density at radius 2 is 1.62 bits per heavy atom. The summed E-state index contributed by atoms with van der Waals surface area (Å²) in [7, 11) is 5.64. The summed E-state index contributed by atoms with van der Waals surface area (Å²) in [6, 6.07) is 8.16. The molecule has 0 aliphatic carbocycles. The van der Waals surface area contributed by atoms with Crippen molar-refractivity contribution in [3.8, 4) is 0 Å². The summed E-state index contributed by atoms with van der Waals surface area (Å²) >= 11 is 0. The summed E-state index contributed by atoms with van der Waals surface area (Å²) in [5, 5.41) is 3.35. The van der Waals surface area contributed by atoms with Crippen LogP contribution in [-0.4, -0.2) is 49.9 Å². The molecule has 0 radical (unpaired) electrons. The molecule has 1 heterocycles. The van der Waals surface area contributed by atoms with Crippen LogP contribution in [0.15, 0.2) is 24.3 Å². The Hall–Kier alpha value is -0.875. The van der Waals surface area contributed by atoms with Crippen LogP contribution in [0.1, 0.15) is 5.56 Å². The van der Waals surface area contributed by atoms with Gasteiger partial charge in [0.05, 0.1) is 0 Å². The molecule has 1 aliphatic rings. The van der Waals surface area contributed by atoms with Crippen molar-refractivity contribution < 1.29 is 11.0 Å². The van der Waals surface area contributed by atoms with E-state index in [2.05, 4.69) is 22.3 Å². The SMILES string of the molecule is [B+2]c1ccc(CN2CCNCC2)cc1.[OH-].[OH-]. The fourth-order valence-electron chi connectivity index (χ4n) is 1.75. The van der Waals surface area contributed by atoms with E-state index in [1.165, 1.54) is 5.56 Å². The topological polar surface area (TPSA) is 75.3 Å². The van der Waals surface area contributed by atoms with Gasteiger partial charge in [-0.3, -0.25) is 0 Å².